The quantitative estimate of drug-likeness (QED) is 0.785. The Bertz CT molecular complexity index is 791. The molecule has 0 spiro atoms. The third-order valence-corrected chi connectivity index (χ3v) is 4.17. The minimum Gasteiger partial charge on any atom is -0.327 e. The van der Waals surface area contributed by atoms with Crippen molar-refractivity contribution in [3.05, 3.63) is 53.3 Å². The molecular weight excluding hydrogens is 298 g/mol. The first kappa shape index (κ1) is 13.7. The first-order chi connectivity index (χ1) is 11.2. The highest BCUT2D eigenvalue weighted by atomic mass is 16.7. The van der Waals surface area contributed by atoms with Gasteiger partial charge in [-0.25, -0.2) is 4.79 Å². The molecule has 0 saturated carbocycles. The Balaban J connectivity index is 1.57. The van der Waals surface area contributed by atoms with Gasteiger partial charge < -0.3 is 4.84 Å². The lowest BCUT2D eigenvalue weighted by atomic mass is 10.0. The number of fused-ring (bicyclic) bond motifs is 2. The lowest BCUT2D eigenvalue weighted by molar-refractivity contribution is -0.173. The average Bonchev–Trinajstić information content (AvgIpc) is 3.14. The van der Waals surface area contributed by atoms with Crippen molar-refractivity contribution in [1.29, 1.82) is 0 Å². The third-order valence-electron chi connectivity index (χ3n) is 4.17. The summed E-state index contributed by atoms with van der Waals surface area (Å²) in [5, 5.41) is 4.69. The van der Waals surface area contributed by atoms with E-state index in [0.717, 1.165) is 18.5 Å². The van der Waals surface area contributed by atoms with Crippen LogP contribution in [0.25, 0.3) is 0 Å². The molecule has 4 rings (SSSR count). The SMILES string of the molecule is O=C(ON1C(=O)c2ccccc2C1=O)C1CCCc2ccnn21. The van der Waals surface area contributed by atoms with Crippen LogP contribution in [0.1, 0.15) is 45.3 Å². The van der Waals surface area contributed by atoms with Crippen molar-refractivity contribution in [2.45, 2.75) is 25.3 Å². The maximum absolute atomic E-state index is 12.4. The predicted molar refractivity (Wildman–Crippen MR) is 77.2 cm³/mol. The minimum atomic E-state index is -0.649. The summed E-state index contributed by atoms with van der Waals surface area (Å²) in [7, 11) is 0. The van der Waals surface area contributed by atoms with Gasteiger partial charge in [0, 0.05) is 11.9 Å². The molecule has 0 N–H and O–H groups in total. The van der Waals surface area contributed by atoms with E-state index < -0.39 is 23.8 Å². The van der Waals surface area contributed by atoms with Crippen LogP contribution in [0.3, 0.4) is 0 Å². The van der Waals surface area contributed by atoms with Gasteiger partial charge in [0.1, 0.15) is 0 Å². The molecule has 1 unspecified atom stereocenters. The van der Waals surface area contributed by atoms with Crippen molar-refractivity contribution in [3.63, 3.8) is 0 Å². The molecule has 0 bridgehead atoms. The Labute approximate surface area is 131 Å². The van der Waals surface area contributed by atoms with E-state index >= 15 is 0 Å². The molecule has 116 valence electrons. The van der Waals surface area contributed by atoms with Crippen molar-refractivity contribution < 1.29 is 19.2 Å². The topological polar surface area (TPSA) is 81.5 Å². The molecule has 0 radical (unpaired) electrons. The Morgan fingerprint density at radius 1 is 1.13 bits per heavy atom. The zero-order chi connectivity index (χ0) is 16.0. The van der Waals surface area contributed by atoms with Crippen molar-refractivity contribution in [1.82, 2.24) is 14.8 Å². The number of hydrogen-bond acceptors (Lipinski definition) is 5. The maximum Gasteiger partial charge on any atom is 0.357 e. The monoisotopic (exact) mass is 311 g/mol. The second kappa shape index (κ2) is 5.05. The van der Waals surface area contributed by atoms with Gasteiger partial charge >= 0.3 is 5.97 Å². The maximum atomic E-state index is 12.4. The van der Waals surface area contributed by atoms with Gasteiger partial charge in [-0.3, -0.25) is 14.3 Å². The van der Waals surface area contributed by atoms with E-state index in [1.165, 1.54) is 12.1 Å². The number of rotatable bonds is 2. The largest absolute Gasteiger partial charge is 0.357 e. The van der Waals surface area contributed by atoms with Crippen molar-refractivity contribution in [3.8, 4) is 0 Å². The third kappa shape index (κ3) is 2.04. The molecule has 0 saturated heterocycles. The van der Waals surface area contributed by atoms with Crippen LogP contribution in [-0.2, 0) is 16.1 Å². The molecule has 1 atom stereocenters. The van der Waals surface area contributed by atoms with Crippen LogP contribution in [0, 0.1) is 0 Å². The van der Waals surface area contributed by atoms with E-state index in [9.17, 15) is 14.4 Å². The molecule has 2 aliphatic heterocycles. The molecule has 1 aromatic heterocycles. The lowest BCUT2D eigenvalue weighted by Crippen LogP contribution is -2.37. The highest BCUT2D eigenvalue weighted by Crippen LogP contribution is 2.27. The lowest BCUT2D eigenvalue weighted by Gasteiger charge is -2.24. The summed E-state index contributed by atoms with van der Waals surface area (Å²) in [6.07, 6.45) is 3.87. The molecule has 2 amide bonds. The summed E-state index contributed by atoms with van der Waals surface area (Å²) in [4.78, 5) is 42.0. The second-order valence-electron chi connectivity index (χ2n) is 5.54. The van der Waals surface area contributed by atoms with Crippen molar-refractivity contribution in [2.24, 2.45) is 0 Å². The second-order valence-corrected chi connectivity index (χ2v) is 5.54. The summed E-state index contributed by atoms with van der Waals surface area (Å²) < 4.78 is 1.60. The summed E-state index contributed by atoms with van der Waals surface area (Å²) in [6.45, 7) is 0. The van der Waals surface area contributed by atoms with Gasteiger partial charge in [0.05, 0.1) is 11.1 Å². The van der Waals surface area contributed by atoms with E-state index in [4.69, 9.17) is 4.84 Å². The number of hydrogen-bond donors (Lipinski definition) is 0. The van der Waals surface area contributed by atoms with Crippen LogP contribution >= 0.6 is 0 Å². The van der Waals surface area contributed by atoms with Gasteiger partial charge in [-0.1, -0.05) is 17.2 Å². The summed E-state index contributed by atoms with van der Waals surface area (Å²) in [6, 6.07) is 7.63. The molecule has 7 nitrogen and oxygen atoms in total. The van der Waals surface area contributed by atoms with Crippen LogP contribution in [0.2, 0.25) is 0 Å². The number of aryl methyl sites for hydroxylation is 1. The van der Waals surface area contributed by atoms with Gasteiger partial charge in [0.25, 0.3) is 11.8 Å². The highest BCUT2D eigenvalue weighted by Gasteiger charge is 2.40. The number of hydroxylamine groups is 2. The molecule has 2 aliphatic rings. The van der Waals surface area contributed by atoms with Crippen molar-refractivity contribution >= 4 is 17.8 Å². The van der Waals surface area contributed by atoms with Crippen LogP contribution in [0.5, 0.6) is 0 Å². The average molecular weight is 311 g/mol. The van der Waals surface area contributed by atoms with Gasteiger partial charge in [-0.05, 0) is 37.5 Å². The number of amides is 2. The fourth-order valence-electron chi connectivity index (χ4n) is 3.04. The standard InChI is InChI=1S/C16H13N3O4/c20-14-11-5-1-2-6-12(11)15(21)19(14)23-16(22)13-7-3-4-10-8-9-17-18(10)13/h1-2,5-6,8-9,13H,3-4,7H2. The Morgan fingerprint density at radius 3 is 2.52 bits per heavy atom. The summed E-state index contributed by atoms with van der Waals surface area (Å²) >= 11 is 0. The minimum absolute atomic E-state index is 0.244. The number of benzene rings is 1. The van der Waals surface area contributed by atoms with Crippen molar-refractivity contribution in [2.75, 3.05) is 0 Å². The van der Waals surface area contributed by atoms with Crippen LogP contribution in [0.4, 0.5) is 0 Å². The molecule has 23 heavy (non-hydrogen) atoms. The number of carbonyl (C=O) groups excluding carboxylic acids is 3. The molecule has 0 fully saturated rings. The Hall–Kier alpha value is -2.96. The summed E-state index contributed by atoms with van der Waals surface area (Å²) in [5.74, 6) is -1.88. The van der Waals surface area contributed by atoms with E-state index in [1.54, 1.807) is 23.0 Å². The zero-order valence-electron chi connectivity index (χ0n) is 12.1. The van der Waals surface area contributed by atoms with Gasteiger partial charge in [-0.15, -0.1) is 0 Å². The van der Waals surface area contributed by atoms with Gasteiger partial charge in [0.15, 0.2) is 6.04 Å². The molecule has 1 aromatic carbocycles. The highest BCUT2D eigenvalue weighted by molar-refractivity contribution is 6.20. The number of carbonyl (C=O) groups is 3. The van der Waals surface area contributed by atoms with Crippen LogP contribution in [-0.4, -0.2) is 32.6 Å². The molecule has 2 aromatic rings. The van der Waals surface area contributed by atoms with Crippen LogP contribution in [0.15, 0.2) is 36.5 Å². The van der Waals surface area contributed by atoms with E-state index in [2.05, 4.69) is 5.10 Å². The van der Waals surface area contributed by atoms with E-state index in [0.29, 0.717) is 11.5 Å². The Kier molecular flexibility index (Phi) is 3.00. The van der Waals surface area contributed by atoms with E-state index in [-0.39, 0.29) is 11.1 Å². The zero-order valence-corrected chi connectivity index (χ0v) is 12.1. The first-order valence-electron chi connectivity index (χ1n) is 7.39. The molecule has 0 aliphatic carbocycles. The van der Waals surface area contributed by atoms with Gasteiger partial charge in [0.2, 0.25) is 0 Å². The summed E-state index contributed by atoms with van der Waals surface area (Å²) in [5.41, 5.74) is 1.43. The molecular formula is C16H13N3O4. The first-order valence-corrected chi connectivity index (χ1v) is 7.39. The fourth-order valence-corrected chi connectivity index (χ4v) is 3.04. The predicted octanol–water partition coefficient (Wildman–Crippen LogP) is 1.51. The normalized spacial score (nSPS) is 19.5. The number of aromatic nitrogens is 2. The number of nitrogens with zero attached hydrogens (tertiary/aromatic N) is 3. The fraction of sp³-hybridized carbons (Fsp3) is 0.250. The van der Waals surface area contributed by atoms with E-state index in [1.807, 2.05) is 6.07 Å². The number of imide groups is 1. The smallest absolute Gasteiger partial charge is 0.327 e. The Morgan fingerprint density at radius 2 is 1.83 bits per heavy atom. The van der Waals surface area contributed by atoms with Crippen LogP contribution < -0.4 is 0 Å². The molecule has 3 heterocycles. The van der Waals surface area contributed by atoms with Gasteiger partial charge in [-0.2, -0.15) is 5.10 Å². The molecule has 7 heteroatoms.